The Bertz CT molecular complexity index is 901. The summed E-state index contributed by atoms with van der Waals surface area (Å²) in [5, 5.41) is 0. The molecule has 0 N–H and O–H groups in total. The monoisotopic (exact) mass is 372 g/mol. The number of rotatable bonds is 0. The van der Waals surface area contributed by atoms with Gasteiger partial charge in [0, 0.05) is 12.1 Å². The van der Waals surface area contributed by atoms with E-state index in [1.807, 2.05) is 0 Å². The number of aromatic nitrogens is 4. The minimum Gasteiger partial charge on any atom is -0.437 e. The molecule has 0 spiro atoms. The minimum atomic E-state index is 0.288. The van der Waals surface area contributed by atoms with Gasteiger partial charge in [0.2, 0.25) is 23.5 Å². The highest BCUT2D eigenvalue weighted by Crippen LogP contribution is 2.31. The molecule has 3 heterocycles. The Morgan fingerprint density at radius 2 is 0.786 bits per heavy atom. The van der Waals surface area contributed by atoms with Crippen LogP contribution in [-0.2, 0) is 0 Å². The highest BCUT2D eigenvalue weighted by atomic mass is 16.5. The van der Waals surface area contributed by atoms with Gasteiger partial charge in [0.15, 0.2) is 0 Å². The van der Waals surface area contributed by atoms with E-state index in [1.54, 1.807) is 48.5 Å². The largest absolute Gasteiger partial charge is 0.437 e. The quantitative estimate of drug-likeness (QED) is 0.385. The van der Waals surface area contributed by atoms with Crippen LogP contribution in [0.15, 0.2) is 73.3 Å². The van der Waals surface area contributed by atoms with Crippen LogP contribution in [0.25, 0.3) is 0 Å². The summed E-state index contributed by atoms with van der Waals surface area (Å²) in [6.07, 6.45) is 5.99. The molecule has 2 aromatic carbocycles. The maximum Gasteiger partial charge on any atom is 0.241 e. The van der Waals surface area contributed by atoms with E-state index in [0.29, 0.717) is 23.0 Å². The van der Waals surface area contributed by atoms with Gasteiger partial charge >= 0.3 is 0 Å². The third-order valence-electron chi connectivity index (χ3n) is 3.68. The first-order chi connectivity index (χ1) is 13.8. The summed E-state index contributed by atoms with van der Waals surface area (Å²) in [6, 6.07) is 14.1. The lowest BCUT2D eigenvalue weighted by Crippen LogP contribution is -1.96. The van der Waals surface area contributed by atoms with E-state index >= 15 is 0 Å². The lowest BCUT2D eigenvalue weighted by molar-refractivity contribution is 0.403. The van der Waals surface area contributed by atoms with Crippen molar-refractivity contribution in [1.29, 1.82) is 0 Å². The molecule has 0 unspecified atom stereocenters. The van der Waals surface area contributed by atoms with Crippen molar-refractivity contribution in [1.82, 2.24) is 19.9 Å². The van der Waals surface area contributed by atoms with Crippen molar-refractivity contribution in [3.63, 3.8) is 0 Å². The van der Waals surface area contributed by atoms with Crippen LogP contribution in [0.5, 0.6) is 46.5 Å². The summed E-state index contributed by atoms with van der Waals surface area (Å²) in [5.41, 5.74) is 0. The fraction of sp³-hybridized carbons (Fsp3) is 0. The Labute approximate surface area is 159 Å². The first-order valence-electron chi connectivity index (χ1n) is 8.36. The maximum absolute atomic E-state index is 5.78. The zero-order valence-corrected chi connectivity index (χ0v) is 14.4. The summed E-state index contributed by atoms with van der Waals surface area (Å²) >= 11 is 0. The highest BCUT2D eigenvalue weighted by Gasteiger charge is 2.09. The second-order valence-corrected chi connectivity index (χ2v) is 5.75. The molecule has 8 nitrogen and oxygen atoms in total. The number of nitrogens with zero attached hydrogens (tertiary/aromatic N) is 4. The molecule has 0 saturated carbocycles. The third-order valence-corrected chi connectivity index (χ3v) is 3.68. The summed E-state index contributed by atoms with van der Waals surface area (Å²) in [4.78, 5) is 16.9. The van der Waals surface area contributed by atoms with Crippen LogP contribution < -0.4 is 18.9 Å². The Kier molecular flexibility index (Phi) is 3.91. The fourth-order valence-corrected chi connectivity index (χ4v) is 2.54. The number of hydrogen-bond donors (Lipinski definition) is 0. The molecule has 1 aliphatic heterocycles. The molecule has 136 valence electrons. The van der Waals surface area contributed by atoms with Crippen molar-refractivity contribution in [3.05, 3.63) is 73.3 Å². The Morgan fingerprint density at radius 3 is 1.11 bits per heavy atom. The van der Waals surface area contributed by atoms with Crippen LogP contribution in [0.1, 0.15) is 0 Å². The van der Waals surface area contributed by atoms with Crippen LogP contribution >= 0.6 is 0 Å². The van der Waals surface area contributed by atoms with Crippen molar-refractivity contribution in [3.8, 4) is 46.5 Å². The predicted molar refractivity (Wildman–Crippen MR) is 97.2 cm³/mol. The summed E-state index contributed by atoms with van der Waals surface area (Å²) in [5.74, 6) is 3.26. The molecular weight excluding hydrogens is 360 g/mol. The molecule has 8 bridgehead atoms. The first-order valence-corrected chi connectivity index (χ1v) is 8.36. The lowest BCUT2D eigenvalue weighted by Gasteiger charge is -2.11. The fourth-order valence-electron chi connectivity index (χ4n) is 2.54. The second kappa shape index (κ2) is 6.84. The average molecular weight is 372 g/mol. The molecule has 8 heteroatoms. The molecule has 0 aliphatic carbocycles. The molecule has 0 saturated heterocycles. The van der Waals surface area contributed by atoms with E-state index in [1.165, 1.54) is 24.8 Å². The van der Waals surface area contributed by atoms with Gasteiger partial charge in [-0.1, -0.05) is 12.1 Å². The van der Waals surface area contributed by atoms with Crippen molar-refractivity contribution >= 4 is 0 Å². The number of benzene rings is 2. The summed E-state index contributed by atoms with van der Waals surface area (Å²) in [6.45, 7) is 0. The smallest absolute Gasteiger partial charge is 0.241 e. The molecule has 2 aromatic heterocycles. The normalized spacial score (nSPS) is 12.0. The summed E-state index contributed by atoms with van der Waals surface area (Å²) in [7, 11) is 0. The average Bonchev–Trinajstić information content (AvgIpc) is 2.69. The van der Waals surface area contributed by atoms with Gasteiger partial charge < -0.3 is 18.9 Å². The van der Waals surface area contributed by atoms with Crippen LogP contribution in [-0.4, -0.2) is 19.9 Å². The lowest BCUT2D eigenvalue weighted by atomic mass is 10.3. The van der Waals surface area contributed by atoms with E-state index in [2.05, 4.69) is 19.9 Å². The standard InChI is InChI=1S/C20H12N4O4/c1-3-13-7-14(4-1)26-18-10-22-12-20(24-18)28-16-6-2-5-15(8-16)27-19-11-21-9-17(23-19)25-13/h1-12H. The third kappa shape index (κ3) is 3.51. The van der Waals surface area contributed by atoms with E-state index in [9.17, 15) is 0 Å². The van der Waals surface area contributed by atoms with E-state index in [0.717, 1.165) is 0 Å². The molecule has 0 amide bonds. The topological polar surface area (TPSA) is 88.5 Å². The van der Waals surface area contributed by atoms with Gasteiger partial charge in [-0.3, -0.25) is 9.97 Å². The minimum absolute atomic E-state index is 0.288. The second-order valence-electron chi connectivity index (χ2n) is 5.75. The highest BCUT2D eigenvalue weighted by molar-refractivity contribution is 5.39. The molecular formula is C20H12N4O4. The SMILES string of the molecule is c1cc2cc(c1)Oc1cncc(n1)Oc1cccc(c1)Oc1cncc(n1)O2. The number of hydrogen-bond acceptors (Lipinski definition) is 8. The van der Waals surface area contributed by atoms with Crippen LogP contribution in [0, 0.1) is 0 Å². The van der Waals surface area contributed by atoms with Gasteiger partial charge in [-0.15, -0.1) is 0 Å². The Hall–Kier alpha value is -4.20. The van der Waals surface area contributed by atoms with E-state index in [4.69, 9.17) is 18.9 Å². The van der Waals surface area contributed by atoms with E-state index < -0.39 is 0 Å². The number of fused-ring (bicyclic) bond motifs is 8. The molecule has 0 atom stereocenters. The molecule has 28 heavy (non-hydrogen) atoms. The van der Waals surface area contributed by atoms with Crippen molar-refractivity contribution in [2.75, 3.05) is 0 Å². The molecule has 0 radical (unpaired) electrons. The Morgan fingerprint density at radius 1 is 0.464 bits per heavy atom. The van der Waals surface area contributed by atoms with Gasteiger partial charge in [0.25, 0.3) is 0 Å². The summed E-state index contributed by atoms with van der Waals surface area (Å²) < 4.78 is 23.1. The zero-order chi connectivity index (χ0) is 18.8. The molecule has 4 aromatic rings. The molecule has 0 fully saturated rings. The number of ether oxygens (including phenoxy) is 4. The maximum atomic E-state index is 5.78. The van der Waals surface area contributed by atoms with Gasteiger partial charge in [0.1, 0.15) is 23.0 Å². The zero-order valence-electron chi connectivity index (χ0n) is 14.4. The van der Waals surface area contributed by atoms with Crippen molar-refractivity contribution in [2.24, 2.45) is 0 Å². The molecule has 1 aliphatic rings. The van der Waals surface area contributed by atoms with Gasteiger partial charge in [-0.05, 0) is 24.3 Å². The van der Waals surface area contributed by atoms with Crippen molar-refractivity contribution in [2.45, 2.75) is 0 Å². The van der Waals surface area contributed by atoms with Crippen LogP contribution in [0.2, 0.25) is 0 Å². The van der Waals surface area contributed by atoms with Gasteiger partial charge in [0.05, 0.1) is 24.8 Å². The van der Waals surface area contributed by atoms with Crippen LogP contribution in [0.4, 0.5) is 0 Å². The predicted octanol–water partition coefficient (Wildman–Crippen LogP) is 4.75. The van der Waals surface area contributed by atoms with Crippen LogP contribution in [0.3, 0.4) is 0 Å². The van der Waals surface area contributed by atoms with Crippen molar-refractivity contribution < 1.29 is 18.9 Å². The van der Waals surface area contributed by atoms with E-state index in [-0.39, 0.29) is 23.5 Å². The van der Waals surface area contributed by atoms with Gasteiger partial charge in [-0.25, -0.2) is 0 Å². The first kappa shape index (κ1) is 16.0. The molecule has 5 rings (SSSR count). The van der Waals surface area contributed by atoms with Gasteiger partial charge in [-0.2, -0.15) is 9.97 Å². The Balaban J connectivity index is 1.60.